The topological polar surface area (TPSA) is 58.7 Å². The zero-order valence-corrected chi connectivity index (χ0v) is 10.4. The number of rotatable bonds is 2. The van der Waals surface area contributed by atoms with E-state index in [1.165, 1.54) is 12.2 Å². The van der Waals surface area contributed by atoms with E-state index < -0.39 is 0 Å². The summed E-state index contributed by atoms with van der Waals surface area (Å²) in [4.78, 5) is 17.5. The first-order valence-corrected chi connectivity index (χ1v) is 5.62. The summed E-state index contributed by atoms with van der Waals surface area (Å²) in [5, 5.41) is 0. The van der Waals surface area contributed by atoms with E-state index in [2.05, 4.69) is 4.99 Å². The third-order valence-electron chi connectivity index (χ3n) is 2.61. The quantitative estimate of drug-likeness (QED) is 0.803. The number of hydrogen-bond donors (Lipinski definition) is 1. The van der Waals surface area contributed by atoms with Gasteiger partial charge in [0.2, 0.25) is 0 Å². The fourth-order valence-electron chi connectivity index (χ4n) is 1.60. The molecule has 0 aromatic heterocycles. The van der Waals surface area contributed by atoms with Crippen molar-refractivity contribution < 1.29 is 4.79 Å². The molecule has 2 rings (SSSR count). The van der Waals surface area contributed by atoms with Crippen LogP contribution in [0.4, 0.5) is 11.4 Å². The average Bonchev–Trinajstić information content (AvgIpc) is 2.33. The van der Waals surface area contributed by atoms with Crippen molar-refractivity contribution in [2.24, 2.45) is 10.7 Å². The Morgan fingerprint density at radius 3 is 2.33 bits per heavy atom. The second-order valence-electron chi connectivity index (χ2n) is 4.24. The number of anilines is 1. The Labute approximate surface area is 106 Å². The minimum Gasteiger partial charge on any atom is -0.397 e. The van der Waals surface area contributed by atoms with Crippen LogP contribution in [0.25, 0.3) is 0 Å². The fourth-order valence-corrected chi connectivity index (χ4v) is 1.60. The van der Waals surface area contributed by atoms with E-state index in [1.54, 1.807) is 6.08 Å². The van der Waals surface area contributed by atoms with Gasteiger partial charge in [0.25, 0.3) is 0 Å². The lowest BCUT2D eigenvalue weighted by Gasteiger charge is -2.12. The molecule has 1 aromatic rings. The summed E-state index contributed by atoms with van der Waals surface area (Å²) in [6, 6.07) is 7.80. The molecule has 0 unspecified atom stereocenters. The van der Waals surface area contributed by atoms with Gasteiger partial charge in [0, 0.05) is 25.9 Å². The third-order valence-corrected chi connectivity index (χ3v) is 2.61. The molecule has 0 heterocycles. The Bertz CT molecular complexity index is 551. The first kappa shape index (κ1) is 12.1. The Hall–Kier alpha value is -2.36. The summed E-state index contributed by atoms with van der Waals surface area (Å²) in [6.45, 7) is 0. The van der Waals surface area contributed by atoms with Gasteiger partial charge < -0.3 is 10.6 Å². The smallest absolute Gasteiger partial charge is 0.180 e. The second kappa shape index (κ2) is 4.87. The molecule has 4 nitrogen and oxygen atoms in total. The van der Waals surface area contributed by atoms with Gasteiger partial charge in [0.1, 0.15) is 0 Å². The molecule has 0 amide bonds. The SMILES string of the molecule is CN(C)c1ccc(/N=C2\C=CC(=O)C=C2N)cc1. The summed E-state index contributed by atoms with van der Waals surface area (Å²) >= 11 is 0. The van der Waals surface area contributed by atoms with Crippen LogP contribution in [-0.2, 0) is 4.79 Å². The summed E-state index contributed by atoms with van der Waals surface area (Å²) < 4.78 is 0. The lowest BCUT2D eigenvalue weighted by molar-refractivity contribution is -0.110. The summed E-state index contributed by atoms with van der Waals surface area (Å²) in [5.74, 6) is -0.102. The predicted molar refractivity (Wildman–Crippen MR) is 74.3 cm³/mol. The summed E-state index contributed by atoms with van der Waals surface area (Å²) in [6.07, 6.45) is 4.48. The number of aliphatic imine (C=N–C) groups is 1. The molecule has 0 spiro atoms. The van der Waals surface area contributed by atoms with Crippen molar-refractivity contribution in [3.8, 4) is 0 Å². The van der Waals surface area contributed by atoms with Crippen molar-refractivity contribution in [3.63, 3.8) is 0 Å². The molecule has 92 valence electrons. The zero-order valence-electron chi connectivity index (χ0n) is 10.4. The molecule has 4 heteroatoms. The van der Waals surface area contributed by atoms with E-state index in [0.717, 1.165) is 11.4 Å². The number of carbonyl (C=O) groups excluding carboxylic acids is 1. The molecule has 0 bridgehead atoms. The monoisotopic (exact) mass is 241 g/mol. The van der Waals surface area contributed by atoms with Crippen molar-refractivity contribution in [1.29, 1.82) is 0 Å². The maximum Gasteiger partial charge on any atom is 0.180 e. The van der Waals surface area contributed by atoms with Gasteiger partial charge in [-0.2, -0.15) is 0 Å². The van der Waals surface area contributed by atoms with Gasteiger partial charge in [-0.1, -0.05) is 0 Å². The highest BCUT2D eigenvalue weighted by atomic mass is 16.1. The Morgan fingerprint density at radius 2 is 1.78 bits per heavy atom. The van der Waals surface area contributed by atoms with E-state index in [1.807, 2.05) is 43.3 Å². The molecule has 0 fully saturated rings. The van der Waals surface area contributed by atoms with Gasteiger partial charge in [0.15, 0.2) is 5.78 Å². The minimum absolute atomic E-state index is 0.102. The Kier molecular flexibility index (Phi) is 3.28. The van der Waals surface area contributed by atoms with Crippen LogP contribution >= 0.6 is 0 Å². The van der Waals surface area contributed by atoms with E-state index in [9.17, 15) is 4.79 Å². The van der Waals surface area contributed by atoms with E-state index >= 15 is 0 Å². The molecular weight excluding hydrogens is 226 g/mol. The molecule has 2 N–H and O–H groups in total. The third kappa shape index (κ3) is 2.66. The average molecular weight is 241 g/mol. The Morgan fingerprint density at radius 1 is 1.11 bits per heavy atom. The van der Waals surface area contributed by atoms with Crippen LogP contribution < -0.4 is 10.6 Å². The highest BCUT2D eigenvalue weighted by Gasteiger charge is 2.07. The second-order valence-corrected chi connectivity index (χ2v) is 4.24. The molecule has 0 atom stereocenters. The van der Waals surface area contributed by atoms with Crippen LogP contribution in [0.3, 0.4) is 0 Å². The molecular formula is C14H15N3O. The number of nitrogens with two attached hydrogens (primary N) is 1. The van der Waals surface area contributed by atoms with Gasteiger partial charge in [0.05, 0.1) is 17.1 Å². The minimum atomic E-state index is -0.102. The molecule has 0 saturated carbocycles. The molecule has 0 aliphatic heterocycles. The lowest BCUT2D eigenvalue weighted by Crippen LogP contribution is -2.14. The van der Waals surface area contributed by atoms with Crippen molar-refractivity contribution in [3.05, 3.63) is 48.2 Å². The largest absolute Gasteiger partial charge is 0.397 e. The van der Waals surface area contributed by atoms with Crippen molar-refractivity contribution in [1.82, 2.24) is 0 Å². The molecule has 18 heavy (non-hydrogen) atoms. The van der Waals surface area contributed by atoms with Crippen LogP contribution in [0.1, 0.15) is 0 Å². The van der Waals surface area contributed by atoms with Gasteiger partial charge in [-0.3, -0.25) is 4.79 Å². The van der Waals surface area contributed by atoms with Crippen LogP contribution in [0.5, 0.6) is 0 Å². The maximum absolute atomic E-state index is 11.1. The van der Waals surface area contributed by atoms with Crippen molar-refractivity contribution in [2.75, 3.05) is 19.0 Å². The van der Waals surface area contributed by atoms with Gasteiger partial charge >= 0.3 is 0 Å². The fraction of sp³-hybridized carbons (Fsp3) is 0.143. The predicted octanol–water partition coefficient (Wildman–Crippen LogP) is 1.81. The van der Waals surface area contributed by atoms with Crippen LogP contribution in [0.2, 0.25) is 0 Å². The van der Waals surface area contributed by atoms with Gasteiger partial charge in [-0.05, 0) is 36.4 Å². The van der Waals surface area contributed by atoms with Gasteiger partial charge in [-0.15, -0.1) is 0 Å². The van der Waals surface area contributed by atoms with Crippen LogP contribution in [-0.4, -0.2) is 25.6 Å². The van der Waals surface area contributed by atoms with Crippen molar-refractivity contribution in [2.45, 2.75) is 0 Å². The van der Waals surface area contributed by atoms with E-state index in [0.29, 0.717) is 11.4 Å². The maximum atomic E-state index is 11.1. The summed E-state index contributed by atoms with van der Waals surface area (Å²) in [5.41, 5.74) is 8.68. The molecule has 1 aliphatic carbocycles. The first-order valence-electron chi connectivity index (χ1n) is 5.62. The zero-order chi connectivity index (χ0) is 13.1. The number of allylic oxidation sites excluding steroid dienone is 3. The normalized spacial score (nSPS) is 16.9. The Balaban J connectivity index is 2.26. The molecule has 1 aliphatic rings. The number of benzene rings is 1. The van der Waals surface area contributed by atoms with Crippen LogP contribution in [0.15, 0.2) is 53.2 Å². The summed E-state index contributed by atoms with van der Waals surface area (Å²) in [7, 11) is 3.97. The number of hydrogen-bond acceptors (Lipinski definition) is 4. The lowest BCUT2D eigenvalue weighted by atomic mass is 10.1. The van der Waals surface area contributed by atoms with Crippen LogP contribution in [0, 0.1) is 0 Å². The molecule has 1 aromatic carbocycles. The van der Waals surface area contributed by atoms with E-state index in [-0.39, 0.29) is 5.78 Å². The highest BCUT2D eigenvalue weighted by molar-refractivity contribution is 6.19. The first-order chi connectivity index (χ1) is 8.56. The number of ketones is 1. The van der Waals surface area contributed by atoms with Crippen molar-refractivity contribution >= 4 is 22.9 Å². The number of carbonyl (C=O) groups is 1. The highest BCUT2D eigenvalue weighted by Crippen LogP contribution is 2.19. The van der Waals surface area contributed by atoms with Gasteiger partial charge in [-0.25, -0.2) is 4.99 Å². The molecule has 0 saturated heterocycles. The number of nitrogens with zero attached hydrogens (tertiary/aromatic N) is 2. The standard InChI is InChI=1S/C14H15N3O/c1-17(2)11-5-3-10(4-6-11)16-14-8-7-12(18)9-13(14)15/h3-9H,15H2,1-2H3/b16-14+. The molecule has 0 radical (unpaired) electrons. The van der Waals surface area contributed by atoms with E-state index in [4.69, 9.17) is 5.73 Å².